The molecule has 4 unspecified atom stereocenters. The van der Waals surface area contributed by atoms with Gasteiger partial charge in [-0.3, -0.25) is 14.4 Å². The van der Waals surface area contributed by atoms with Gasteiger partial charge in [0.15, 0.2) is 22.9 Å². The topological polar surface area (TPSA) is 156 Å². The number of benzene rings is 1. The quantitative estimate of drug-likeness (QED) is 0.265. The molecule has 1 aliphatic heterocycles. The van der Waals surface area contributed by atoms with Gasteiger partial charge in [0.25, 0.3) is 0 Å². The number of nitrogens with one attached hydrogen (secondary N) is 2. The summed E-state index contributed by atoms with van der Waals surface area (Å²) >= 11 is 0. The number of fused-ring (bicyclic) bond motifs is 1. The van der Waals surface area contributed by atoms with Crippen molar-refractivity contribution in [3.05, 3.63) is 17.2 Å². The summed E-state index contributed by atoms with van der Waals surface area (Å²) < 4.78 is 21.6. The highest BCUT2D eigenvalue weighted by Crippen LogP contribution is 2.45. The van der Waals surface area contributed by atoms with Gasteiger partial charge in [-0.25, -0.2) is 0 Å². The molecule has 3 rings (SSSR count). The van der Waals surface area contributed by atoms with E-state index in [-0.39, 0.29) is 18.4 Å². The zero-order valence-corrected chi connectivity index (χ0v) is 22.1. The normalized spacial score (nSPS) is 21.9. The molecule has 0 saturated carbocycles. The number of epoxide rings is 1. The molecule has 1 heterocycles. The molecule has 0 radical (unpaired) electrons. The summed E-state index contributed by atoms with van der Waals surface area (Å²) in [5.41, 5.74) is 0.534. The molecule has 1 fully saturated rings. The molecule has 2 amide bonds. The average Bonchev–Trinajstić information content (AvgIpc) is 3.70. The number of carbonyl (C=O) groups excluding carboxylic acids is 3. The Hall–Kier alpha value is -2.89. The van der Waals surface area contributed by atoms with Gasteiger partial charge in [0, 0.05) is 11.5 Å². The number of Topliss-reactive ketones (excluding diaryl/α,β-unsaturated/α-hetero) is 1. The van der Waals surface area contributed by atoms with Gasteiger partial charge in [0.05, 0.1) is 47.2 Å². The van der Waals surface area contributed by atoms with E-state index in [1.54, 1.807) is 7.11 Å². The second-order valence-electron chi connectivity index (χ2n) is 9.96. The minimum absolute atomic E-state index is 0.0683. The van der Waals surface area contributed by atoms with E-state index < -0.39 is 48.5 Å². The molecule has 206 valence electrons. The van der Waals surface area contributed by atoms with Crippen molar-refractivity contribution in [2.75, 3.05) is 41.2 Å². The minimum atomic E-state index is -1.29. The van der Waals surface area contributed by atoms with Crippen LogP contribution < -0.4 is 24.8 Å². The van der Waals surface area contributed by atoms with Crippen LogP contribution in [0.3, 0.4) is 0 Å². The Kier molecular flexibility index (Phi) is 9.38. The molecule has 2 aliphatic rings. The van der Waals surface area contributed by atoms with Crippen LogP contribution in [0, 0.1) is 11.8 Å². The van der Waals surface area contributed by atoms with E-state index in [1.807, 2.05) is 19.9 Å². The summed E-state index contributed by atoms with van der Waals surface area (Å²) in [5, 5.41) is 24.7. The van der Waals surface area contributed by atoms with Gasteiger partial charge < -0.3 is 39.8 Å². The van der Waals surface area contributed by atoms with Gasteiger partial charge in [0.2, 0.25) is 17.6 Å². The fourth-order valence-electron chi connectivity index (χ4n) is 4.79. The summed E-state index contributed by atoms with van der Waals surface area (Å²) in [4.78, 5) is 39.0. The van der Waals surface area contributed by atoms with Crippen LogP contribution in [0.2, 0.25) is 0 Å². The molecule has 1 saturated heterocycles. The first-order valence-electron chi connectivity index (χ1n) is 12.5. The van der Waals surface area contributed by atoms with Crippen molar-refractivity contribution in [1.82, 2.24) is 10.6 Å². The first-order chi connectivity index (χ1) is 17.6. The fraction of sp³-hybridized carbons (Fsp3) is 0.654. The highest BCUT2D eigenvalue weighted by molar-refractivity contribution is 5.98. The van der Waals surface area contributed by atoms with Crippen molar-refractivity contribution >= 4 is 17.6 Å². The Morgan fingerprint density at radius 2 is 1.76 bits per heavy atom. The van der Waals surface area contributed by atoms with E-state index in [4.69, 9.17) is 18.9 Å². The molecule has 1 aromatic carbocycles. The van der Waals surface area contributed by atoms with E-state index in [2.05, 4.69) is 10.6 Å². The number of rotatable bonds is 13. The lowest BCUT2D eigenvalue weighted by atomic mass is 9.82. The Morgan fingerprint density at radius 1 is 1.08 bits per heavy atom. The molecule has 37 heavy (non-hydrogen) atoms. The van der Waals surface area contributed by atoms with Gasteiger partial charge in [-0.15, -0.1) is 0 Å². The summed E-state index contributed by atoms with van der Waals surface area (Å²) in [6.07, 6.45) is 1.80. The lowest BCUT2D eigenvalue weighted by Crippen LogP contribution is -2.56. The molecular weight excluding hydrogens is 484 g/mol. The van der Waals surface area contributed by atoms with E-state index in [9.17, 15) is 24.6 Å². The zero-order chi connectivity index (χ0) is 27.3. The second kappa shape index (κ2) is 12.1. The monoisotopic (exact) mass is 522 g/mol. The summed E-state index contributed by atoms with van der Waals surface area (Å²) in [6, 6.07) is -0.279. The first-order valence-corrected chi connectivity index (χ1v) is 12.5. The van der Waals surface area contributed by atoms with Crippen LogP contribution >= 0.6 is 0 Å². The highest BCUT2D eigenvalue weighted by Gasteiger charge is 2.54. The van der Waals surface area contributed by atoms with Gasteiger partial charge in [-0.05, 0) is 43.2 Å². The summed E-state index contributed by atoms with van der Waals surface area (Å²) in [6.45, 7) is 2.78. The largest absolute Gasteiger partial charge is 0.493 e. The number of carbonyl (C=O) groups is 3. The van der Waals surface area contributed by atoms with Crippen molar-refractivity contribution in [2.45, 2.75) is 57.2 Å². The predicted octanol–water partition coefficient (Wildman–Crippen LogP) is 0.156. The number of hydrogen-bond acceptors (Lipinski definition) is 9. The number of ether oxygens (including phenoxy) is 4. The lowest BCUT2D eigenvalue weighted by molar-refractivity contribution is -0.135. The maximum Gasteiger partial charge on any atom is 0.245 e. The van der Waals surface area contributed by atoms with Crippen LogP contribution in [0.5, 0.6) is 17.2 Å². The Morgan fingerprint density at radius 3 is 2.27 bits per heavy atom. The molecule has 0 spiro atoms. The van der Waals surface area contributed by atoms with Gasteiger partial charge >= 0.3 is 0 Å². The number of methoxy groups -OCH3 is 3. The van der Waals surface area contributed by atoms with E-state index in [1.165, 1.54) is 14.2 Å². The minimum Gasteiger partial charge on any atom is -0.493 e. The molecular formula is C26H38N2O9. The average molecular weight is 523 g/mol. The van der Waals surface area contributed by atoms with E-state index in [0.29, 0.717) is 42.9 Å². The predicted molar refractivity (Wildman–Crippen MR) is 133 cm³/mol. The third-order valence-electron chi connectivity index (χ3n) is 6.96. The number of hydrogen-bond donors (Lipinski definition) is 4. The Bertz CT molecular complexity index is 1010. The SMILES string of the molecule is COc1cc2c(c(OC)c1OC)CC(C(=O)NC(CO)C(=O)NC(CC(C)C)C(=O)C1(CO)CO1)CC2. The summed E-state index contributed by atoms with van der Waals surface area (Å²) in [5.74, 6) is -0.390. The smallest absolute Gasteiger partial charge is 0.245 e. The van der Waals surface area contributed by atoms with Crippen LogP contribution in [-0.4, -0.2) is 86.6 Å². The maximum atomic E-state index is 13.2. The fourth-order valence-corrected chi connectivity index (χ4v) is 4.79. The van der Waals surface area contributed by atoms with Crippen LogP contribution in [0.25, 0.3) is 0 Å². The highest BCUT2D eigenvalue weighted by atomic mass is 16.6. The number of aryl methyl sites for hydroxylation is 1. The van der Waals surface area contributed by atoms with E-state index in [0.717, 1.165) is 11.1 Å². The van der Waals surface area contributed by atoms with Crippen molar-refractivity contribution in [3.63, 3.8) is 0 Å². The molecule has 11 nitrogen and oxygen atoms in total. The van der Waals surface area contributed by atoms with Gasteiger partial charge in [-0.1, -0.05) is 13.8 Å². The van der Waals surface area contributed by atoms with Crippen molar-refractivity contribution in [3.8, 4) is 17.2 Å². The first kappa shape index (κ1) is 28.7. The second-order valence-corrected chi connectivity index (χ2v) is 9.96. The summed E-state index contributed by atoms with van der Waals surface area (Å²) in [7, 11) is 4.58. The zero-order valence-electron chi connectivity index (χ0n) is 22.1. The van der Waals surface area contributed by atoms with Crippen LogP contribution in [-0.2, 0) is 32.0 Å². The molecule has 1 aromatic rings. The molecule has 0 bridgehead atoms. The standard InChI is InChI=1S/C26H38N2O9/c1-14(2)8-18(23(31)26(12-30)13-37-26)27-25(33)19(11-29)28-24(32)16-7-6-15-10-20(34-3)22(36-5)21(35-4)17(15)9-16/h10,14,16,18-19,29-30H,6-9,11-13H2,1-5H3,(H,27,33)(H,28,32). The van der Waals surface area contributed by atoms with Crippen molar-refractivity contribution in [2.24, 2.45) is 11.8 Å². The maximum absolute atomic E-state index is 13.2. The molecule has 4 atom stereocenters. The van der Waals surface area contributed by atoms with Crippen molar-refractivity contribution < 1.29 is 43.5 Å². The van der Waals surface area contributed by atoms with Gasteiger partial charge in [-0.2, -0.15) is 0 Å². The number of amides is 2. The Labute approximate surface area is 216 Å². The molecule has 0 aromatic heterocycles. The van der Waals surface area contributed by atoms with Crippen LogP contribution in [0.1, 0.15) is 37.8 Å². The lowest BCUT2D eigenvalue weighted by Gasteiger charge is -2.29. The molecule has 4 N–H and O–H groups in total. The van der Waals surface area contributed by atoms with Crippen molar-refractivity contribution in [1.29, 1.82) is 0 Å². The van der Waals surface area contributed by atoms with Crippen LogP contribution in [0.4, 0.5) is 0 Å². The molecule has 11 heteroatoms. The molecule has 1 aliphatic carbocycles. The van der Waals surface area contributed by atoms with Crippen LogP contribution in [0.15, 0.2) is 6.07 Å². The third kappa shape index (κ3) is 6.16. The van der Waals surface area contributed by atoms with E-state index >= 15 is 0 Å². The number of aliphatic hydroxyl groups is 2. The number of ketones is 1. The van der Waals surface area contributed by atoms with Gasteiger partial charge in [0.1, 0.15) is 6.04 Å². The Balaban J connectivity index is 1.71. The third-order valence-corrected chi connectivity index (χ3v) is 6.96. The number of aliphatic hydroxyl groups excluding tert-OH is 2.